The highest BCUT2D eigenvalue weighted by Crippen LogP contribution is 2.35. The molecule has 1 unspecified atom stereocenters. The first-order chi connectivity index (χ1) is 11.2. The topological polar surface area (TPSA) is 54.3 Å². The quantitative estimate of drug-likeness (QED) is 0.864. The second kappa shape index (κ2) is 6.02. The third-order valence-corrected chi connectivity index (χ3v) is 5.70. The first-order valence-electron chi connectivity index (χ1n) is 8.96. The molecule has 1 aromatic heterocycles. The number of nitrogens with zero attached hydrogens (tertiary/aromatic N) is 2. The molecule has 4 rings (SSSR count). The molecule has 1 saturated heterocycles. The maximum Gasteiger partial charge on any atom is 0.317 e. The Hall–Kier alpha value is -1.78. The van der Waals surface area contributed by atoms with Crippen LogP contribution in [0.25, 0.3) is 0 Å². The molecule has 23 heavy (non-hydrogen) atoms. The van der Waals surface area contributed by atoms with E-state index in [1.165, 1.54) is 19.3 Å². The van der Waals surface area contributed by atoms with Crippen molar-refractivity contribution in [2.24, 2.45) is 5.92 Å². The number of hydrogen-bond acceptors (Lipinski definition) is 2. The van der Waals surface area contributed by atoms with Gasteiger partial charge in [-0.05, 0) is 31.2 Å². The highest BCUT2D eigenvalue weighted by Gasteiger charge is 2.36. The van der Waals surface area contributed by atoms with Crippen LogP contribution in [0, 0.1) is 5.92 Å². The minimum absolute atomic E-state index is 0.0947. The largest absolute Gasteiger partial charge is 0.335 e. The molecule has 0 aromatic carbocycles. The van der Waals surface area contributed by atoms with Gasteiger partial charge in [0.2, 0.25) is 0 Å². The Morgan fingerprint density at radius 2 is 1.91 bits per heavy atom. The van der Waals surface area contributed by atoms with Crippen molar-refractivity contribution in [3.63, 3.8) is 0 Å². The first kappa shape index (κ1) is 14.8. The lowest BCUT2D eigenvalue weighted by Crippen LogP contribution is -2.53. The van der Waals surface area contributed by atoms with Gasteiger partial charge in [-0.15, -0.1) is 0 Å². The molecule has 5 heteroatoms. The lowest BCUT2D eigenvalue weighted by molar-refractivity contribution is 0.127. The molecule has 2 bridgehead atoms. The van der Waals surface area contributed by atoms with Gasteiger partial charge < -0.3 is 14.8 Å². The minimum atomic E-state index is 0.0947. The fourth-order valence-electron chi connectivity index (χ4n) is 4.58. The van der Waals surface area contributed by atoms with Gasteiger partial charge in [0, 0.05) is 43.4 Å². The summed E-state index contributed by atoms with van der Waals surface area (Å²) in [5.41, 5.74) is 1.20. The molecule has 0 radical (unpaired) electrons. The highest BCUT2D eigenvalue weighted by atomic mass is 16.2. The molecular weight excluding hydrogens is 290 g/mol. The van der Waals surface area contributed by atoms with Crippen LogP contribution in [0.4, 0.5) is 4.79 Å². The van der Waals surface area contributed by atoms with Crippen LogP contribution in [0.2, 0.25) is 0 Å². The smallest absolute Gasteiger partial charge is 0.317 e. The maximum absolute atomic E-state index is 12.6. The van der Waals surface area contributed by atoms with Crippen molar-refractivity contribution in [2.45, 2.75) is 57.0 Å². The van der Waals surface area contributed by atoms with Crippen LogP contribution in [0.15, 0.2) is 23.0 Å². The van der Waals surface area contributed by atoms with E-state index >= 15 is 0 Å². The molecule has 3 heterocycles. The third kappa shape index (κ3) is 2.89. The normalized spacial score (nSPS) is 27.4. The SMILES string of the molecule is O=C(NC1CCCCC1)N1CC2C[C@H](C1)c1cccc(=O)n1C2. The van der Waals surface area contributed by atoms with Crippen molar-refractivity contribution in [3.05, 3.63) is 34.2 Å². The standard InChI is InChI=1S/C18H25N3O2/c22-17-8-4-7-16-14-9-13(11-21(16)17)10-20(12-14)18(23)19-15-5-2-1-3-6-15/h4,7-8,13-15H,1-3,5-6,9-12H2,(H,19,23)/t13?,14-/m1/s1. The Kier molecular flexibility index (Phi) is 3.87. The van der Waals surface area contributed by atoms with E-state index in [2.05, 4.69) is 5.32 Å². The zero-order valence-corrected chi connectivity index (χ0v) is 13.5. The fraction of sp³-hybridized carbons (Fsp3) is 0.667. The van der Waals surface area contributed by atoms with E-state index in [-0.39, 0.29) is 11.6 Å². The van der Waals surface area contributed by atoms with Gasteiger partial charge >= 0.3 is 6.03 Å². The molecule has 1 N–H and O–H groups in total. The number of amides is 2. The van der Waals surface area contributed by atoms with Gasteiger partial charge in [0.05, 0.1) is 0 Å². The number of urea groups is 1. The molecule has 0 spiro atoms. The Morgan fingerprint density at radius 3 is 2.74 bits per heavy atom. The number of aromatic nitrogens is 1. The van der Waals surface area contributed by atoms with Crippen molar-refractivity contribution in [2.75, 3.05) is 13.1 Å². The van der Waals surface area contributed by atoms with E-state index in [0.29, 0.717) is 17.9 Å². The van der Waals surface area contributed by atoms with Crippen molar-refractivity contribution in [3.8, 4) is 0 Å². The third-order valence-electron chi connectivity index (χ3n) is 5.70. The van der Waals surface area contributed by atoms with Crippen LogP contribution in [0.1, 0.15) is 50.1 Å². The summed E-state index contributed by atoms with van der Waals surface area (Å²) in [5, 5.41) is 3.23. The van der Waals surface area contributed by atoms with E-state index in [4.69, 9.17) is 0 Å². The van der Waals surface area contributed by atoms with Crippen LogP contribution in [0.5, 0.6) is 0 Å². The average molecular weight is 315 g/mol. The number of nitrogens with one attached hydrogen (secondary N) is 1. The van der Waals surface area contributed by atoms with Crippen LogP contribution in [-0.4, -0.2) is 34.6 Å². The minimum Gasteiger partial charge on any atom is -0.335 e. The van der Waals surface area contributed by atoms with E-state index in [1.54, 1.807) is 6.07 Å². The van der Waals surface area contributed by atoms with Gasteiger partial charge in [-0.3, -0.25) is 4.79 Å². The lowest BCUT2D eigenvalue weighted by Gasteiger charge is -2.43. The summed E-state index contributed by atoms with van der Waals surface area (Å²) in [7, 11) is 0. The number of piperidine rings is 1. The lowest BCUT2D eigenvalue weighted by atomic mass is 9.83. The van der Waals surface area contributed by atoms with Gasteiger partial charge in [-0.25, -0.2) is 4.79 Å². The molecule has 2 atom stereocenters. The number of likely N-dealkylation sites (tertiary alicyclic amines) is 1. The molecule has 1 aliphatic carbocycles. The molecule has 1 aromatic rings. The van der Waals surface area contributed by atoms with E-state index in [9.17, 15) is 9.59 Å². The Labute approximate surface area is 136 Å². The highest BCUT2D eigenvalue weighted by molar-refractivity contribution is 5.74. The molecule has 124 valence electrons. The molecule has 2 fully saturated rings. The van der Waals surface area contributed by atoms with Gasteiger partial charge in [0.15, 0.2) is 0 Å². The summed E-state index contributed by atoms with van der Waals surface area (Å²) in [6.45, 7) is 2.26. The van der Waals surface area contributed by atoms with Gasteiger partial charge in [0.1, 0.15) is 0 Å². The summed E-state index contributed by atoms with van der Waals surface area (Å²) in [6, 6.07) is 5.98. The number of carbonyl (C=O) groups is 1. The number of carbonyl (C=O) groups excluding carboxylic acids is 1. The van der Waals surface area contributed by atoms with E-state index < -0.39 is 0 Å². The summed E-state index contributed by atoms with van der Waals surface area (Å²) in [4.78, 5) is 26.6. The molecular formula is C18H25N3O2. The summed E-state index contributed by atoms with van der Waals surface area (Å²) in [6.07, 6.45) is 7.08. The molecule has 2 amide bonds. The van der Waals surface area contributed by atoms with Crippen molar-refractivity contribution < 1.29 is 4.79 Å². The van der Waals surface area contributed by atoms with Crippen LogP contribution in [-0.2, 0) is 6.54 Å². The van der Waals surface area contributed by atoms with Crippen molar-refractivity contribution in [1.82, 2.24) is 14.8 Å². The average Bonchev–Trinajstić information content (AvgIpc) is 2.57. The second-order valence-corrected chi connectivity index (χ2v) is 7.39. The summed E-state index contributed by atoms with van der Waals surface area (Å²) >= 11 is 0. The number of hydrogen-bond donors (Lipinski definition) is 1. The monoisotopic (exact) mass is 315 g/mol. The Morgan fingerprint density at radius 1 is 1.09 bits per heavy atom. The Balaban J connectivity index is 1.47. The maximum atomic E-state index is 12.6. The molecule has 3 aliphatic rings. The summed E-state index contributed by atoms with van der Waals surface area (Å²) in [5.74, 6) is 0.701. The number of pyridine rings is 1. The predicted molar refractivity (Wildman–Crippen MR) is 88.5 cm³/mol. The number of fused-ring (bicyclic) bond motifs is 4. The summed E-state index contributed by atoms with van der Waals surface area (Å²) < 4.78 is 1.91. The van der Waals surface area contributed by atoms with Crippen LogP contribution >= 0.6 is 0 Å². The fourth-order valence-corrected chi connectivity index (χ4v) is 4.58. The molecule has 1 saturated carbocycles. The van der Waals surface area contributed by atoms with Crippen LogP contribution < -0.4 is 10.9 Å². The number of rotatable bonds is 1. The molecule has 5 nitrogen and oxygen atoms in total. The first-order valence-corrected chi connectivity index (χ1v) is 8.96. The van der Waals surface area contributed by atoms with Crippen molar-refractivity contribution in [1.29, 1.82) is 0 Å². The van der Waals surface area contributed by atoms with Gasteiger partial charge in [-0.1, -0.05) is 25.3 Å². The van der Waals surface area contributed by atoms with E-state index in [0.717, 1.165) is 44.6 Å². The van der Waals surface area contributed by atoms with Gasteiger partial charge in [-0.2, -0.15) is 0 Å². The van der Waals surface area contributed by atoms with Crippen molar-refractivity contribution >= 4 is 6.03 Å². The van der Waals surface area contributed by atoms with E-state index in [1.807, 2.05) is 21.6 Å². The second-order valence-electron chi connectivity index (χ2n) is 7.39. The molecule has 2 aliphatic heterocycles. The Bertz CT molecular complexity index is 648. The van der Waals surface area contributed by atoms with Crippen LogP contribution in [0.3, 0.4) is 0 Å². The van der Waals surface area contributed by atoms with Gasteiger partial charge in [0.25, 0.3) is 5.56 Å². The zero-order chi connectivity index (χ0) is 15.8. The predicted octanol–water partition coefficient (Wildman–Crippen LogP) is 2.31. The zero-order valence-electron chi connectivity index (χ0n) is 13.5.